The molecule has 0 aliphatic heterocycles. The van der Waals surface area contributed by atoms with E-state index in [4.69, 9.17) is 0 Å². The number of benzene rings is 5. The second kappa shape index (κ2) is 14.5. The van der Waals surface area contributed by atoms with Crippen LogP contribution in [0.5, 0.6) is 0 Å². The summed E-state index contributed by atoms with van der Waals surface area (Å²) < 4.78 is 123. The molecule has 0 fully saturated rings. The van der Waals surface area contributed by atoms with Gasteiger partial charge < -0.3 is 0 Å². The Morgan fingerprint density at radius 2 is 0.793 bits per heavy atom. The second-order valence-electron chi connectivity index (χ2n) is 13.0. The molecule has 0 aliphatic rings. The smallest absolute Gasteiger partial charge is 0.243 e. The van der Waals surface area contributed by atoms with Gasteiger partial charge in [-0.05, 0) is 59.7 Å². The number of para-hydroxylation sites is 4. The number of hydrogen-bond donors (Lipinski definition) is 2. The summed E-state index contributed by atoms with van der Waals surface area (Å²) in [5, 5.41) is 19.3. The van der Waals surface area contributed by atoms with Crippen LogP contribution < -0.4 is 9.13 Å². The monoisotopic (exact) mass is 860 g/mol. The van der Waals surface area contributed by atoms with Crippen LogP contribution in [0, 0.1) is 22.7 Å². The van der Waals surface area contributed by atoms with Gasteiger partial charge in [-0.25, -0.2) is 19.1 Å². The number of fused-ring (bicyclic) bond motifs is 2. The van der Waals surface area contributed by atoms with Crippen LogP contribution >= 0.6 is 15.6 Å². The van der Waals surface area contributed by atoms with E-state index in [0.717, 1.165) is 33.2 Å². The van der Waals surface area contributed by atoms with Crippen molar-refractivity contribution in [1.82, 2.24) is 9.97 Å². The summed E-state index contributed by atoms with van der Waals surface area (Å²) in [6, 6.07) is 45.7. The first-order valence-corrected chi connectivity index (χ1v) is 20.8. The molecule has 2 N–H and O–H groups in total. The van der Waals surface area contributed by atoms with E-state index in [1.165, 1.54) is 11.1 Å². The van der Waals surface area contributed by atoms with Gasteiger partial charge in [-0.2, -0.15) is 10.5 Å². The molecule has 6 nitrogen and oxygen atoms in total. The van der Waals surface area contributed by atoms with E-state index in [-0.39, 0.29) is 12.1 Å². The molecular formula is C38H30F12N6P2. The molecule has 7 aromatic rings. The summed E-state index contributed by atoms with van der Waals surface area (Å²) in [5.74, 6) is 0. The van der Waals surface area contributed by atoms with Crippen molar-refractivity contribution in [2.45, 2.75) is 24.9 Å². The fourth-order valence-electron chi connectivity index (χ4n) is 6.39. The molecule has 5 aromatic carbocycles. The Labute approximate surface area is 321 Å². The van der Waals surface area contributed by atoms with Crippen LogP contribution in [0.2, 0.25) is 0 Å². The van der Waals surface area contributed by atoms with Crippen molar-refractivity contribution in [2.75, 3.05) is 0 Å². The van der Waals surface area contributed by atoms with Crippen LogP contribution in [-0.4, -0.2) is 9.97 Å². The Morgan fingerprint density at radius 1 is 0.466 bits per heavy atom. The van der Waals surface area contributed by atoms with Gasteiger partial charge in [-0.1, -0.05) is 72.8 Å². The number of halogens is 12. The van der Waals surface area contributed by atoms with Crippen molar-refractivity contribution in [3.63, 3.8) is 0 Å². The molecule has 7 rings (SSSR count). The number of nitriles is 2. The Kier molecular flexibility index (Phi) is 10.8. The summed E-state index contributed by atoms with van der Waals surface area (Å²) in [7, 11) is -21.3. The maximum absolute atomic E-state index is 10.7. The Balaban J connectivity index is 0.000000393. The maximum Gasteiger partial charge on any atom is 0.243 e. The largest absolute Gasteiger partial charge is 0.243 e. The second-order valence-corrected chi connectivity index (χ2v) is 16.8. The van der Waals surface area contributed by atoms with Crippen molar-refractivity contribution in [3.05, 3.63) is 167 Å². The molecule has 58 heavy (non-hydrogen) atoms. The fourth-order valence-corrected chi connectivity index (χ4v) is 6.39. The van der Waals surface area contributed by atoms with Gasteiger partial charge in [-0.3, -0.25) is 0 Å². The third kappa shape index (κ3) is 13.9. The SMILES string of the molecule is F[P-](F)(F)(F)(F)F.F[P-](F)(F)(F)(F)F.N#Cc1cccc(CC(c2ccccc2C(Cc2cccc(C#N)c2)[n+]2c[nH]c3ccccc32)[n+]2c[nH]c3ccccc32)c1. The van der Waals surface area contributed by atoms with Gasteiger partial charge in [0.25, 0.3) is 0 Å². The van der Waals surface area contributed by atoms with Gasteiger partial charge in [0.1, 0.15) is 12.1 Å². The quantitative estimate of drug-likeness (QED) is 0.0906. The van der Waals surface area contributed by atoms with Crippen molar-refractivity contribution >= 4 is 37.7 Å². The molecule has 2 aromatic heterocycles. The number of aromatic nitrogens is 4. The van der Waals surface area contributed by atoms with E-state index in [2.05, 4.69) is 117 Å². The normalized spacial score (nSPS) is 15.1. The topological polar surface area (TPSA) is 86.9 Å². The molecule has 2 heterocycles. The molecule has 0 aliphatic carbocycles. The van der Waals surface area contributed by atoms with Crippen molar-refractivity contribution < 1.29 is 59.5 Å². The minimum Gasteiger partial charge on any atom is -0.243 e. The molecule has 20 heteroatoms. The van der Waals surface area contributed by atoms with E-state index >= 15 is 0 Å². The predicted molar refractivity (Wildman–Crippen MR) is 197 cm³/mol. The first kappa shape index (κ1) is 43.2. The van der Waals surface area contributed by atoms with E-state index in [1.54, 1.807) is 0 Å². The van der Waals surface area contributed by atoms with Gasteiger partial charge in [0, 0.05) is 24.0 Å². The number of rotatable bonds is 8. The summed E-state index contributed by atoms with van der Waals surface area (Å²) >= 11 is 0. The first-order valence-electron chi connectivity index (χ1n) is 16.8. The van der Waals surface area contributed by atoms with Gasteiger partial charge >= 0.3 is 66.0 Å². The zero-order chi connectivity index (χ0) is 42.7. The van der Waals surface area contributed by atoms with Crippen LogP contribution in [0.25, 0.3) is 22.1 Å². The number of H-pyrrole nitrogens is 2. The molecule has 0 bridgehead atoms. The predicted octanol–water partition coefficient (Wildman–Crippen LogP) is 13.4. The van der Waals surface area contributed by atoms with E-state index < -0.39 is 15.6 Å². The van der Waals surface area contributed by atoms with Crippen LogP contribution in [0.15, 0.2) is 134 Å². The number of aromatic amines is 2. The minimum atomic E-state index is -10.7. The van der Waals surface area contributed by atoms with Gasteiger partial charge in [-0.15, -0.1) is 0 Å². The molecule has 0 amide bonds. The summed E-state index contributed by atoms with van der Waals surface area (Å²) in [4.78, 5) is 6.94. The molecule has 2 unspecified atom stereocenters. The molecule has 0 radical (unpaired) electrons. The van der Waals surface area contributed by atoms with Crippen LogP contribution in [0.1, 0.15) is 45.5 Å². The maximum atomic E-state index is 9.87. The van der Waals surface area contributed by atoms with Crippen LogP contribution in [-0.2, 0) is 12.8 Å². The Hall–Kier alpha value is -5.96. The average Bonchev–Trinajstić information content (AvgIpc) is 3.75. The van der Waals surface area contributed by atoms with Crippen molar-refractivity contribution in [1.29, 1.82) is 10.5 Å². The first-order chi connectivity index (χ1) is 26.6. The van der Waals surface area contributed by atoms with E-state index in [0.29, 0.717) is 24.0 Å². The molecule has 2 atom stereocenters. The van der Waals surface area contributed by atoms with E-state index in [1.807, 2.05) is 48.5 Å². The molecule has 0 saturated carbocycles. The Bertz CT molecular complexity index is 2470. The molecular weight excluding hydrogens is 830 g/mol. The number of nitrogens with one attached hydrogen (secondary N) is 2. The minimum absolute atomic E-state index is 0.0601. The molecule has 0 saturated heterocycles. The van der Waals surface area contributed by atoms with E-state index in [9.17, 15) is 60.9 Å². The van der Waals surface area contributed by atoms with Crippen molar-refractivity contribution in [2.24, 2.45) is 0 Å². The standard InChI is InChI=1S/C38H28N6.2F6P/c39-23-29-11-7-9-27(19-29)21-37(43-25-41-33-15-3-5-17-35(33)43)31-13-1-2-14-32(31)38(22-28-10-8-12-30(20-28)24-40)44-26-42-34-16-4-6-18-36(34)44;2*1-7(2,3,4,5)6/h1-20,25-26,37-38H,21-22H2;;/q;2*-1/p+2. The van der Waals surface area contributed by atoms with Gasteiger partial charge in [0.15, 0.2) is 22.1 Å². The molecule has 0 spiro atoms. The van der Waals surface area contributed by atoms with Gasteiger partial charge in [0.05, 0.1) is 23.3 Å². The zero-order valence-electron chi connectivity index (χ0n) is 29.5. The molecule has 306 valence electrons. The number of hydrogen-bond acceptors (Lipinski definition) is 2. The Morgan fingerprint density at radius 3 is 1.14 bits per heavy atom. The summed E-state index contributed by atoms with van der Waals surface area (Å²) in [6.07, 6.45) is 5.53. The number of imidazole rings is 2. The zero-order valence-corrected chi connectivity index (χ0v) is 31.3. The summed E-state index contributed by atoms with van der Waals surface area (Å²) in [6.45, 7) is 0. The summed E-state index contributed by atoms with van der Waals surface area (Å²) in [5.41, 5.74) is 10.3. The van der Waals surface area contributed by atoms with Crippen LogP contribution in [0.3, 0.4) is 0 Å². The average molecular weight is 861 g/mol. The number of nitrogens with zero attached hydrogens (tertiary/aromatic N) is 4. The van der Waals surface area contributed by atoms with Gasteiger partial charge in [0.2, 0.25) is 12.7 Å². The van der Waals surface area contributed by atoms with Crippen LogP contribution in [0.4, 0.5) is 50.4 Å². The third-order valence-corrected chi connectivity index (χ3v) is 8.44. The van der Waals surface area contributed by atoms with Crippen molar-refractivity contribution in [3.8, 4) is 12.1 Å². The fraction of sp³-hybridized carbons (Fsp3) is 0.105. The third-order valence-electron chi connectivity index (χ3n) is 8.44.